The topological polar surface area (TPSA) is 46.5 Å². The van der Waals surface area contributed by atoms with E-state index in [4.69, 9.17) is 4.74 Å². The van der Waals surface area contributed by atoms with E-state index in [0.29, 0.717) is 24.5 Å². The number of carboxylic acids is 1. The lowest BCUT2D eigenvalue weighted by Gasteiger charge is -2.37. The average molecular weight is 248 g/mol. The van der Waals surface area contributed by atoms with Crippen molar-refractivity contribution in [2.24, 2.45) is 5.92 Å². The molecule has 2 atom stereocenters. The highest BCUT2D eigenvalue weighted by atomic mass is 16.5. The van der Waals surface area contributed by atoms with Gasteiger partial charge in [0.25, 0.3) is 0 Å². The van der Waals surface area contributed by atoms with Crippen molar-refractivity contribution in [3.63, 3.8) is 0 Å². The van der Waals surface area contributed by atoms with Gasteiger partial charge in [-0.1, -0.05) is 31.5 Å². The van der Waals surface area contributed by atoms with Gasteiger partial charge in [-0.25, -0.2) is 4.79 Å². The van der Waals surface area contributed by atoms with Crippen LogP contribution in [0.15, 0.2) is 24.3 Å². The Morgan fingerprint density at radius 3 is 2.78 bits per heavy atom. The first-order chi connectivity index (χ1) is 8.53. The van der Waals surface area contributed by atoms with Crippen molar-refractivity contribution in [2.75, 3.05) is 0 Å². The zero-order chi connectivity index (χ0) is 13.2. The fourth-order valence-corrected chi connectivity index (χ4v) is 2.72. The SMILES string of the molecule is Cc1ccccc1OC1(C(=O)O)CCCC(C)C1. The van der Waals surface area contributed by atoms with Crippen LogP contribution in [0.1, 0.15) is 38.2 Å². The molecule has 0 aliphatic heterocycles. The molecule has 1 aromatic carbocycles. The third-order valence-corrected chi connectivity index (χ3v) is 3.74. The smallest absolute Gasteiger partial charge is 0.348 e. The number of rotatable bonds is 3. The van der Waals surface area contributed by atoms with Crippen LogP contribution >= 0.6 is 0 Å². The maximum absolute atomic E-state index is 11.6. The number of benzene rings is 1. The number of carbonyl (C=O) groups is 1. The van der Waals surface area contributed by atoms with Gasteiger partial charge in [-0.3, -0.25) is 0 Å². The van der Waals surface area contributed by atoms with Gasteiger partial charge in [-0.05, 0) is 37.3 Å². The van der Waals surface area contributed by atoms with Gasteiger partial charge in [0.05, 0.1) is 0 Å². The van der Waals surface area contributed by atoms with Crippen LogP contribution in [0.3, 0.4) is 0 Å². The Bertz CT molecular complexity index is 441. The summed E-state index contributed by atoms with van der Waals surface area (Å²) in [6.45, 7) is 4.04. The molecular formula is C15H20O3. The number of hydrogen-bond donors (Lipinski definition) is 1. The van der Waals surface area contributed by atoms with Gasteiger partial charge >= 0.3 is 5.97 Å². The Morgan fingerprint density at radius 2 is 2.17 bits per heavy atom. The summed E-state index contributed by atoms with van der Waals surface area (Å²) in [4.78, 5) is 11.6. The number of para-hydroxylation sites is 1. The van der Waals surface area contributed by atoms with Crippen molar-refractivity contribution >= 4 is 5.97 Å². The molecule has 1 fully saturated rings. The third kappa shape index (κ3) is 2.50. The third-order valence-electron chi connectivity index (χ3n) is 3.74. The first-order valence-corrected chi connectivity index (χ1v) is 6.51. The molecule has 0 radical (unpaired) electrons. The first-order valence-electron chi connectivity index (χ1n) is 6.51. The van der Waals surface area contributed by atoms with E-state index >= 15 is 0 Å². The Balaban J connectivity index is 2.26. The van der Waals surface area contributed by atoms with E-state index < -0.39 is 11.6 Å². The summed E-state index contributed by atoms with van der Waals surface area (Å²) in [5, 5.41) is 9.53. The maximum atomic E-state index is 11.6. The van der Waals surface area contributed by atoms with Gasteiger partial charge < -0.3 is 9.84 Å². The van der Waals surface area contributed by atoms with E-state index in [1.807, 2.05) is 31.2 Å². The second kappa shape index (κ2) is 5.01. The molecule has 0 bridgehead atoms. The fourth-order valence-electron chi connectivity index (χ4n) is 2.72. The summed E-state index contributed by atoms with van der Waals surface area (Å²) < 4.78 is 5.91. The standard InChI is InChI=1S/C15H20O3/c1-11-6-5-9-15(10-11,14(16)17)18-13-8-4-3-7-12(13)2/h3-4,7-8,11H,5-6,9-10H2,1-2H3,(H,16,17). The largest absolute Gasteiger partial charge is 0.478 e. The zero-order valence-electron chi connectivity index (χ0n) is 11.0. The van der Waals surface area contributed by atoms with Crippen LogP contribution < -0.4 is 4.74 Å². The summed E-state index contributed by atoms with van der Waals surface area (Å²) >= 11 is 0. The van der Waals surface area contributed by atoms with Crippen molar-refractivity contribution in [3.05, 3.63) is 29.8 Å². The highest BCUT2D eigenvalue weighted by Crippen LogP contribution is 2.37. The number of carboxylic acid groups (broad SMARTS) is 1. The van der Waals surface area contributed by atoms with Crippen molar-refractivity contribution in [3.8, 4) is 5.75 Å². The minimum Gasteiger partial charge on any atom is -0.478 e. The second-order valence-corrected chi connectivity index (χ2v) is 5.37. The van der Waals surface area contributed by atoms with Gasteiger partial charge in [0, 0.05) is 6.42 Å². The van der Waals surface area contributed by atoms with Crippen LogP contribution in [0.5, 0.6) is 5.75 Å². The quantitative estimate of drug-likeness (QED) is 0.891. The highest BCUT2D eigenvalue weighted by Gasteiger charge is 2.44. The van der Waals surface area contributed by atoms with E-state index in [1.54, 1.807) is 0 Å². The lowest BCUT2D eigenvalue weighted by molar-refractivity contribution is -0.159. The molecule has 1 aliphatic rings. The molecule has 1 N–H and O–H groups in total. The number of hydrogen-bond acceptors (Lipinski definition) is 2. The van der Waals surface area contributed by atoms with E-state index in [9.17, 15) is 9.90 Å². The number of aliphatic carboxylic acids is 1. The molecule has 1 saturated carbocycles. The minimum atomic E-state index is -1.04. The monoisotopic (exact) mass is 248 g/mol. The van der Waals surface area contributed by atoms with E-state index in [0.717, 1.165) is 18.4 Å². The number of ether oxygens (including phenoxy) is 1. The maximum Gasteiger partial charge on any atom is 0.348 e. The summed E-state index contributed by atoms with van der Waals surface area (Å²) in [7, 11) is 0. The predicted octanol–water partition coefficient (Wildman–Crippen LogP) is 3.41. The molecule has 18 heavy (non-hydrogen) atoms. The molecule has 1 aromatic rings. The Morgan fingerprint density at radius 1 is 1.44 bits per heavy atom. The summed E-state index contributed by atoms with van der Waals surface area (Å²) in [6, 6.07) is 7.60. The molecule has 2 unspecified atom stereocenters. The fraction of sp³-hybridized carbons (Fsp3) is 0.533. The van der Waals surface area contributed by atoms with Crippen molar-refractivity contribution in [2.45, 2.75) is 45.1 Å². The summed E-state index contributed by atoms with van der Waals surface area (Å²) in [5.41, 5.74) is -0.0552. The molecule has 0 amide bonds. The summed E-state index contributed by atoms with van der Waals surface area (Å²) in [5.74, 6) is 0.255. The molecule has 1 aliphatic carbocycles. The van der Waals surface area contributed by atoms with Crippen molar-refractivity contribution < 1.29 is 14.6 Å². The van der Waals surface area contributed by atoms with Crippen LogP contribution in [0.25, 0.3) is 0 Å². The van der Waals surface area contributed by atoms with Crippen LogP contribution in [-0.2, 0) is 4.79 Å². The van der Waals surface area contributed by atoms with Gasteiger partial charge in [-0.2, -0.15) is 0 Å². The van der Waals surface area contributed by atoms with Crippen molar-refractivity contribution in [1.29, 1.82) is 0 Å². The predicted molar refractivity (Wildman–Crippen MR) is 69.8 cm³/mol. The minimum absolute atomic E-state index is 0.402. The Hall–Kier alpha value is -1.51. The molecule has 0 spiro atoms. The lowest BCUT2D eigenvalue weighted by atomic mass is 9.78. The van der Waals surface area contributed by atoms with Crippen LogP contribution in [0.4, 0.5) is 0 Å². The van der Waals surface area contributed by atoms with Crippen LogP contribution in [0.2, 0.25) is 0 Å². The first kappa shape index (κ1) is 12.9. The number of aryl methyl sites for hydroxylation is 1. The molecule has 3 heteroatoms. The Kier molecular flexibility index (Phi) is 3.60. The van der Waals surface area contributed by atoms with E-state index in [1.165, 1.54) is 0 Å². The average Bonchev–Trinajstić information content (AvgIpc) is 2.32. The van der Waals surface area contributed by atoms with Crippen molar-refractivity contribution in [1.82, 2.24) is 0 Å². The van der Waals surface area contributed by atoms with Crippen LogP contribution in [-0.4, -0.2) is 16.7 Å². The van der Waals surface area contributed by atoms with Gasteiger partial charge in [-0.15, -0.1) is 0 Å². The zero-order valence-corrected chi connectivity index (χ0v) is 11.0. The summed E-state index contributed by atoms with van der Waals surface area (Å²) in [6.07, 6.45) is 3.20. The van der Waals surface area contributed by atoms with Gasteiger partial charge in [0.2, 0.25) is 5.60 Å². The molecule has 0 aromatic heterocycles. The highest BCUT2D eigenvalue weighted by molar-refractivity contribution is 5.78. The lowest BCUT2D eigenvalue weighted by Crippen LogP contribution is -2.48. The molecule has 0 saturated heterocycles. The molecule has 2 rings (SSSR count). The molecule has 98 valence electrons. The molecule has 3 nitrogen and oxygen atoms in total. The van der Waals surface area contributed by atoms with Gasteiger partial charge in [0.1, 0.15) is 5.75 Å². The normalized spacial score (nSPS) is 27.8. The molecular weight excluding hydrogens is 228 g/mol. The second-order valence-electron chi connectivity index (χ2n) is 5.37. The Labute approximate surface area is 108 Å². The van der Waals surface area contributed by atoms with Crippen LogP contribution in [0, 0.1) is 12.8 Å². The van der Waals surface area contributed by atoms with E-state index in [2.05, 4.69) is 6.92 Å². The van der Waals surface area contributed by atoms with Gasteiger partial charge in [0.15, 0.2) is 0 Å². The molecule has 0 heterocycles. The van der Waals surface area contributed by atoms with E-state index in [-0.39, 0.29) is 0 Å².